The number of aromatic nitrogens is 2. The molecule has 0 aliphatic rings. The van der Waals surface area contributed by atoms with E-state index in [0.29, 0.717) is 23.1 Å². The lowest BCUT2D eigenvalue weighted by molar-refractivity contribution is 0.605. The molecular weight excluding hydrogens is 390 g/mol. The van der Waals surface area contributed by atoms with Gasteiger partial charge in [-0.25, -0.2) is 4.79 Å². The monoisotopic (exact) mass is 403 g/mol. The first-order chi connectivity index (χ1) is 11.5. The summed E-state index contributed by atoms with van der Waals surface area (Å²) in [7, 11) is 0. The molecule has 24 heavy (non-hydrogen) atoms. The summed E-state index contributed by atoms with van der Waals surface area (Å²) in [6.07, 6.45) is 0.786. The number of fused-ring (bicyclic) bond motifs is 1. The third-order valence-electron chi connectivity index (χ3n) is 3.81. The zero-order chi connectivity index (χ0) is 17.3. The Balaban J connectivity index is 2.24. The first-order valence-corrected chi connectivity index (χ1v) is 9.03. The molecule has 0 aliphatic heterocycles. The molecule has 122 valence electrons. The van der Waals surface area contributed by atoms with E-state index in [1.165, 1.54) is 15.9 Å². The van der Waals surface area contributed by atoms with Gasteiger partial charge in [0.15, 0.2) is 0 Å². The molecule has 3 aromatic rings. The van der Waals surface area contributed by atoms with E-state index in [2.05, 4.69) is 20.9 Å². The first kappa shape index (κ1) is 16.7. The minimum absolute atomic E-state index is 0.242. The molecule has 0 saturated carbocycles. The lowest BCUT2D eigenvalue weighted by Crippen LogP contribution is -2.34. The normalized spacial score (nSPS) is 10.9. The van der Waals surface area contributed by atoms with Crippen LogP contribution < -0.4 is 11.2 Å². The number of hydrogen-bond donors (Lipinski definition) is 1. The Bertz CT molecular complexity index is 1050. The van der Waals surface area contributed by atoms with Gasteiger partial charge in [0, 0.05) is 27.9 Å². The minimum atomic E-state index is -0.422. The quantitative estimate of drug-likeness (QED) is 0.672. The number of hydrogen-bond acceptors (Lipinski definition) is 4. The number of rotatable bonds is 4. The summed E-state index contributed by atoms with van der Waals surface area (Å²) in [4.78, 5) is 29.4. The number of benzene rings is 1. The molecule has 1 N–H and O–H groups in total. The van der Waals surface area contributed by atoms with Crippen molar-refractivity contribution in [1.29, 1.82) is 5.26 Å². The average molecular weight is 404 g/mol. The maximum Gasteiger partial charge on any atom is 0.329 e. The van der Waals surface area contributed by atoms with Crippen LogP contribution in [0.3, 0.4) is 0 Å². The molecule has 0 radical (unpaired) electrons. The Morgan fingerprint density at radius 1 is 1.29 bits per heavy atom. The fourth-order valence-electron chi connectivity index (χ4n) is 2.71. The van der Waals surface area contributed by atoms with Crippen LogP contribution in [0.4, 0.5) is 0 Å². The third kappa shape index (κ3) is 2.95. The minimum Gasteiger partial charge on any atom is -0.298 e. The molecule has 1 aromatic carbocycles. The topological polar surface area (TPSA) is 78.7 Å². The van der Waals surface area contributed by atoms with Gasteiger partial charge in [0.1, 0.15) is 4.83 Å². The van der Waals surface area contributed by atoms with E-state index >= 15 is 0 Å². The molecule has 0 unspecified atom stereocenters. The zero-order valence-corrected chi connectivity index (χ0v) is 15.3. The van der Waals surface area contributed by atoms with Crippen molar-refractivity contribution >= 4 is 37.5 Å². The molecule has 7 heteroatoms. The van der Waals surface area contributed by atoms with E-state index in [1.807, 2.05) is 37.3 Å². The van der Waals surface area contributed by atoms with Crippen LogP contribution in [0.5, 0.6) is 0 Å². The van der Waals surface area contributed by atoms with E-state index in [0.717, 1.165) is 20.5 Å². The predicted octanol–water partition coefficient (Wildman–Crippen LogP) is 3.79. The van der Waals surface area contributed by atoms with E-state index < -0.39 is 5.69 Å². The van der Waals surface area contributed by atoms with Crippen molar-refractivity contribution in [3.05, 3.63) is 54.5 Å². The zero-order valence-electron chi connectivity index (χ0n) is 12.9. The van der Waals surface area contributed by atoms with Gasteiger partial charge in [-0.3, -0.25) is 14.3 Å². The second-order valence-electron chi connectivity index (χ2n) is 5.39. The Kier molecular flexibility index (Phi) is 4.69. The van der Waals surface area contributed by atoms with Crippen LogP contribution in [-0.2, 0) is 6.54 Å². The van der Waals surface area contributed by atoms with E-state index in [9.17, 15) is 9.59 Å². The van der Waals surface area contributed by atoms with E-state index in [4.69, 9.17) is 5.26 Å². The molecule has 3 rings (SSSR count). The number of thiophene rings is 1. The van der Waals surface area contributed by atoms with Gasteiger partial charge in [-0.15, -0.1) is 11.3 Å². The van der Waals surface area contributed by atoms with Crippen molar-refractivity contribution in [1.82, 2.24) is 9.55 Å². The van der Waals surface area contributed by atoms with Gasteiger partial charge in [-0.2, -0.15) is 5.26 Å². The van der Waals surface area contributed by atoms with Crippen molar-refractivity contribution in [2.75, 3.05) is 0 Å². The van der Waals surface area contributed by atoms with Gasteiger partial charge >= 0.3 is 5.69 Å². The van der Waals surface area contributed by atoms with Crippen LogP contribution in [0.15, 0.2) is 38.3 Å². The molecule has 5 nitrogen and oxygen atoms in total. The molecule has 0 atom stereocenters. The van der Waals surface area contributed by atoms with Crippen LogP contribution in [0.25, 0.3) is 21.3 Å². The molecule has 2 aromatic heterocycles. The van der Waals surface area contributed by atoms with Crippen LogP contribution in [-0.4, -0.2) is 9.55 Å². The lowest BCUT2D eigenvalue weighted by Gasteiger charge is -2.05. The number of nitrogens with one attached hydrogen (secondary N) is 1. The summed E-state index contributed by atoms with van der Waals surface area (Å²) in [5.41, 5.74) is 1.08. The fourth-order valence-corrected chi connectivity index (χ4v) is 4.03. The standard InChI is InChI=1S/C17H14BrN3O2S/c1-10-13(11-4-6-12(18)7-5-11)14-15(24-10)20-17(23)21(16(14)22)9-3-2-8-19/h4-7H,2-3,9H2,1H3,(H,20,23). The second kappa shape index (κ2) is 6.75. The van der Waals surface area contributed by atoms with Crippen LogP contribution in [0.1, 0.15) is 17.7 Å². The number of halogens is 1. The number of nitriles is 1. The summed E-state index contributed by atoms with van der Waals surface area (Å²) in [6.45, 7) is 2.19. The summed E-state index contributed by atoms with van der Waals surface area (Å²) in [6, 6.07) is 9.78. The van der Waals surface area contributed by atoms with Gasteiger partial charge in [-0.05, 0) is 31.0 Å². The Hall–Kier alpha value is -2.17. The van der Waals surface area contributed by atoms with Crippen molar-refractivity contribution in [3.63, 3.8) is 0 Å². The molecule has 0 fully saturated rings. The summed E-state index contributed by atoms with van der Waals surface area (Å²) < 4.78 is 2.15. The third-order valence-corrected chi connectivity index (χ3v) is 5.36. The number of unbranched alkanes of at least 4 members (excludes halogenated alkanes) is 1. The maximum atomic E-state index is 12.9. The van der Waals surface area contributed by atoms with Crippen LogP contribution >= 0.6 is 27.3 Å². The van der Waals surface area contributed by atoms with E-state index in [-0.39, 0.29) is 12.1 Å². The highest BCUT2D eigenvalue weighted by atomic mass is 79.9. The lowest BCUT2D eigenvalue weighted by atomic mass is 10.0. The van der Waals surface area contributed by atoms with Crippen molar-refractivity contribution < 1.29 is 0 Å². The van der Waals surface area contributed by atoms with Gasteiger partial charge in [0.25, 0.3) is 5.56 Å². The molecule has 0 amide bonds. The molecule has 2 heterocycles. The number of nitrogens with zero attached hydrogens (tertiary/aromatic N) is 2. The number of H-pyrrole nitrogens is 1. The summed E-state index contributed by atoms with van der Waals surface area (Å²) in [5, 5.41) is 9.19. The molecule has 0 bridgehead atoms. The number of aryl methyl sites for hydroxylation is 1. The van der Waals surface area contributed by atoms with E-state index in [1.54, 1.807) is 0 Å². The van der Waals surface area contributed by atoms with Crippen LogP contribution in [0, 0.1) is 18.3 Å². The van der Waals surface area contributed by atoms with Gasteiger partial charge in [0.2, 0.25) is 0 Å². The predicted molar refractivity (Wildman–Crippen MR) is 99.4 cm³/mol. The summed E-state index contributed by atoms with van der Waals surface area (Å²) >= 11 is 4.82. The van der Waals surface area contributed by atoms with Crippen molar-refractivity contribution in [2.24, 2.45) is 0 Å². The van der Waals surface area contributed by atoms with Crippen molar-refractivity contribution in [3.8, 4) is 17.2 Å². The highest BCUT2D eigenvalue weighted by Gasteiger charge is 2.17. The fraction of sp³-hybridized carbons (Fsp3) is 0.235. The molecule has 0 saturated heterocycles. The van der Waals surface area contributed by atoms with Crippen molar-refractivity contribution in [2.45, 2.75) is 26.3 Å². The largest absolute Gasteiger partial charge is 0.329 e. The number of aromatic amines is 1. The van der Waals surface area contributed by atoms with Crippen LogP contribution in [0.2, 0.25) is 0 Å². The average Bonchev–Trinajstić information content (AvgIpc) is 2.87. The Morgan fingerprint density at radius 3 is 2.67 bits per heavy atom. The summed E-state index contributed by atoms with van der Waals surface area (Å²) in [5.74, 6) is 0. The Labute approximate surface area is 150 Å². The molecule has 0 aliphatic carbocycles. The first-order valence-electron chi connectivity index (χ1n) is 7.42. The maximum absolute atomic E-state index is 12.9. The molecule has 0 spiro atoms. The van der Waals surface area contributed by atoms with Gasteiger partial charge in [0.05, 0.1) is 11.5 Å². The SMILES string of the molecule is Cc1sc2[nH]c(=O)n(CCCC#N)c(=O)c2c1-c1ccc(Br)cc1. The highest BCUT2D eigenvalue weighted by molar-refractivity contribution is 9.10. The van der Waals surface area contributed by atoms with Gasteiger partial charge < -0.3 is 0 Å². The highest BCUT2D eigenvalue weighted by Crippen LogP contribution is 2.35. The smallest absolute Gasteiger partial charge is 0.298 e. The van der Waals surface area contributed by atoms with Gasteiger partial charge in [-0.1, -0.05) is 28.1 Å². The molecular formula is C17H14BrN3O2S. The second-order valence-corrected chi connectivity index (χ2v) is 7.53. The Morgan fingerprint density at radius 2 is 2.00 bits per heavy atom.